The molecule has 2 saturated heterocycles. The molecule has 2 aliphatic rings. The van der Waals surface area contributed by atoms with Gasteiger partial charge in [-0.1, -0.05) is 30.3 Å². The van der Waals surface area contributed by atoms with Crippen LogP contribution in [-0.4, -0.2) is 47.9 Å². The third kappa shape index (κ3) is 3.77. The average molecular weight is 345 g/mol. The van der Waals surface area contributed by atoms with E-state index in [1.807, 2.05) is 18.2 Å². The smallest absolute Gasteiger partial charge is 0.205 e. The monoisotopic (exact) mass is 345 g/mol. The number of ether oxygens (including phenoxy) is 2. The van der Waals surface area contributed by atoms with Crippen LogP contribution in [0, 0.1) is 0 Å². The fourth-order valence-electron chi connectivity index (χ4n) is 3.32. The molecule has 4 rings (SSSR count). The molecule has 2 aromatic rings. The van der Waals surface area contributed by atoms with Gasteiger partial charge in [-0.25, -0.2) is 0 Å². The number of piperidine rings is 1. The van der Waals surface area contributed by atoms with Crippen LogP contribution in [0.5, 0.6) is 0 Å². The average Bonchev–Trinajstić information content (AvgIpc) is 3.14. The molecule has 0 unspecified atom stereocenters. The summed E-state index contributed by atoms with van der Waals surface area (Å²) in [4.78, 5) is 7.06. The summed E-state index contributed by atoms with van der Waals surface area (Å²) in [6.45, 7) is 3.68. The largest absolute Gasteiger partial charge is 0.381 e. The zero-order chi connectivity index (χ0) is 16.2. The standard InChI is InChI=1S/C18H23N3O2S/c1-2-4-14(5-3-1)17-19-18(24-20-17)21-10-6-15(7-11-21)23-16-8-12-22-13-9-16/h1-5,15-16H,6-13H2. The van der Waals surface area contributed by atoms with E-state index in [1.165, 1.54) is 11.5 Å². The molecular weight excluding hydrogens is 322 g/mol. The first-order valence-corrected chi connectivity index (χ1v) is 9.53. The van der Waals surface area contributed by atoms with Gasteiger partial charge in [-0.3, -0.25) is 0 Å². The molecule has 0 N–H and O–H groups in total. The summed E-state index contributed by atoms with van der Waals surface area (Å²) in [5, 5.41) is 1.03. The van der Waals surface area contributed by atoms with E-state index in [0.29, 0.717) is 12.2 Å². The molecule has 3 heterocycles. The van der Waals surface area contributed by atoms with Crippen LogP contribution in [0.3, 0.4) is 0 Å². The first-order chi connectivity index (χ1) is 11.9. The lowest BCUT2D eigenvalue weighted by Crippen LogP contribution is -2.39. The van der Waals surface area contributed by atoms with E-state index in [2.05, 4.69) is 21.4 Å². The Morgan fingerprint density at radius 3 is 2.46 bits per heavy atom. The van der Waals surface area contributed by atoms with Crippen molar-refractivity contribution in [1.82, 2.24) is 9.36 Å². The Labute approximate surface area is 146 Å². The summed E-state index contributed by atoms with van der Waals surface area (Å²) in [5.74, 6) is 0.830. The molecule has 24 heavy (non-hydrogen) atoms. The van der Waals surface area contributed by atoms with Gasteiger partial charge in [-0.2, -0.15) is 9.36 Å². The zero-order valence-corrected chi connectivity index (χ0v) is 14.6. The maximum absolute atomic E-state index is 6.25. The summed E-state index contributed by atoms with van der Waals surface area (Å²) in [5.41, 5.74) is 1.08. The maximum Gasteiger partial charge on any atom is 0.205 e. The predicted molar refractivity (Wildman–Crippen MR) is 95.5 cm³/mol. The van der Waals surface area contributed by atoms with Crippen LogP contribution >= 0.6 is 11.5 Å². The summed E-state index contributed by atoms with van der Waals surface area (Å²) in [7, 11) is 0. The molecule has 0 saturated carbocycles. The lowest BCUT2D eigenvalue weighted by atomic mass is 10.1. The third-order valence-corrected chi connectivity index (χ3v) is 5.49. The second kappa shape index (κ2) is 7.59. The fourth-order valence-corrected chi connectivity index (χ4v) is 4.06. The molecule has 2 fully saturated rings. The molecular formula is C18H23N3O2S. The van der Waals surface area contributed by atoms with Crippen molar-refractivity contribution in [3.63, 3.8) is 0 Å². The molecule has 0 aliphatic carbocycles. The Morgan fingerprint density at radius 2 is 1.71 bits per heavy atom. The van der Waals surface area contributed by atoms with E-state index >= 15 is 0 Å². The topological polar surface area (TPSA) is 47.5 Å². The van der Waals surface area contributed by atoms with Crippen LogP contribution in [0.1, 0.15) is 25.7 Å². The molecule has 2 aliphatic heterocycles. The lowest BCUT2D eigenvalue weighted by molar-refractivity contribution is -0.0743. The Balaban J connectivity index is 1.32. The molecule has 5 nitrogen and oxygen atoms in total. The first-order valence-electron chi connectivity index (χ1n) is 8.76. The van der Waals surface area contributed by atoms with E-state index in [1.54, 1.807) is 0 Å². The van der Waals surface area contributed by atoms with Crippen molar-refractivity contribution >= 4 is 16.7 Å². The maximum atomic E-state index is 6.25. The number of hydrogen-bond acceptors (Lipinski definition) is 6. The number of rotatable bonds is 4. The number of nitrogens with zero attached hydrogens (tertiary/aromatic N) is 3. The number of benzene rings is 1. The Hall–Kier alpha value is -1.50. The minimum atomic E-state index is 0.380. The molecule has 0 atom stereocenters. The zero-order valence-electron chi connectivity index (χ0n) is 13.8. The summed E-state index contributed by atoms with van der Waals surface area (Å²) in [6, 6.07) is 10.2. The van der Waals surface area contributed by atoms with Gasteiger partial charge in [0.1, 0.15) is 0 Å². The summed E-state index contributed by atoms with van der Waals surface area (Å²) in [6.07, 6.45) is 4.98. The number of hydrogen-bond donors (Lipinski definition) is 0. The van der Waals surface area contributed by atoms with Crippen LogP contribution in [0.4, 0.5) is 5.13 Å². The van der Waals surface area contributed by atoms with E-state index in [0.717, 1.165) is 68.5 Å². The van der Waals surface area contributed by atoms with Gasteiger partial charge in [0.2, 0.25) is 5.13 Å². The van der Waals surface area contributed by atoms with Crippen LogP contribution in [-0.2, 0) is 9.47 Å². The van der Waals surface area contributed by atoms with Gasteiger partial charge in [0, 0.05) is 43.4 Å². The third-order valence-electron chi connectivity index (χ3n) is 4.71. The normalized spacial score (nSPS) is 20.4. The minimum Gasteiger partial charge on any atom is -0.381 e. The van der Waals surface area contributed by atoms with Gasteiger partial charge in [-0.15, -0.1) is 0 Å². The molecule has 0 amide bonds. The minimum absolute atomic E-state index is 0.380. The van der Waals surface area contributed by atoms with Crippen molar-refractivity contribution in [3.8, 4) is 11.4 Å². The first kappa shape index (κ1) is 16.0. The summed E-state index contributed by atoms with van der Waals surface area (Å²) >= 11 is 1.50. The molecule has 1 aromatic carbocycles. The highest BCUT2D eigenvalue weighted by atomic mass is 32.1. The van der Waals surface area contributed by atoms with Crippen molar-refractivity contribution in [3.05, 3.63) is 30.3 Å². The van der Waals surface area contributed by atoms with Gasteiger partial charge in [0.05, 0.1) is 12.2 Å². The molecule has 0 radical (unpaired) electrons. The van der Waals surface area contributed by atoms with Crippen molar-refractivity contribution in [1.29, 1.82) is 0 Å². The molecule has 1 aromatic heterocycles. The highest BCUT2D eigenvalue weighted by molar-refractivity contribution is 7.09. The highest BCUT2D eigenvalue weighted by Crippen LogP contribution is 2.27. The highest BCUT2D eigenvalue weighted by Gasteiger charge is 2.25. The van der Waals surface area contributed by atoms with E-state index in [4.69, 9.17) is 14.5 Å². The Kier molecular flexibility index (Phi) is 5.06. The van der Waals surface area contributed by atoms with E-state index < -0.39 is 0 Å². The Bertz CT molecular complexity index is 635. The Morgan fingerprint density at radius 1 is 1.00 bits per heavy atom. The van der Waals surface area contributed by atoms with Crippen LogP contribution < -0.4 is 4.90 Å². The lowest BCUT2D eigenvalue weighted by Gasteiger charge is -2.34. The fraction of sp³-hybridized carbons (Fsp3) is 0.556. The number of anilines is 1. The van der Waals surface area contributed by atoms with Gasteiger partial charge in [0.15, 0.2) is 5.82 Å². The van der Waals surface area contributed by atoms with Gasteiger partial charge in [-0.05, 0) is 25.7 Å². The van der Waals surface area contributed by atoms with Crippen LogP contribution in [0.2, 0.25) is 0 Å². The second-order valence-corrected chi connectivity index (χ2v) is 7.13. The quantitative estimate of drug-likeness (QED) is 0.850. The predicted octanol–water partition coefficient (Wildman–Crippen LogP) is 3.37. The van der Waals surface area contributed by atoms with Crippen molar-refractivity contribution in [2.75, 3.05) is 31.2 Å². The van der Waals surface area contributed by atoms with Crippen molar-refractivity contribution in [2.45, 2.75) is 37.9 Å². The van der Waals surface area contributed by atoms with Crippen molar-refractivity contribution in [2.24, 2.45) is 0 Å². The molecule has 0 spiro atoms. The summed E-state index contributed by atoms with van der Waals surface area (Å²) < 4.78 is 16.2. The SMILES string of the molecule is c1ccc(-c2nsc(N3CCC(OC4CCOCC4)CC3)n2)cc1. The van der Waals surface area contributed by atoms with E-state index in [-0.39, 0.29) is 0 Å². The number of aromatic nitrogens is 2. The van der Waals surface area contributed by atoms with Crippen LogP contribution in [0.25, 0.3) is 11.4 Å². The van der Waals surface area contributed by atoms with Gasteiger partial charge < -0.3 is 14.4 Å². The molecule has 6 heteroatoms. The van der Waals surface area contributed by atoms with Gasteiger partial charge >= 0.3 is 0 Å². The molecule has 128 valence electrons. The second-order valence-electron chi connectivity index (χ2n) is 6.40. The van der Waals surface area contributed by atoms with E-state index in [9.17, 15) is 0 Å². The van der Waals surface area contributed by atoms with Crippen LogP contribution in [0.15, 0.2) is 30.3 Å². The molecule has 0 bridgehead atoms. The van der Waals surface area contributed by atoms with Gasteiger partial charge in [0.25, 0.3) is 0 Å². The van der Waals surface area contributed by atoms with Crippen molar-refractivity contribution < 1.29 is 9.47 Å².